The first-order chi connectivity index (χ1) is 13.3. The van der Waals surface area contributed by atoms with Gasteiger partial charge < -0.3 is 13.3 Å². The van der Waals surface area contributed by atoms with E-state index >= 15 is 0 Å². The van der Waals surface area contributed by atoms with Crippen LogP contribution in [0.5, 0.6) is 0 Å². The average molecular weight is 399 g/mol. The molecule has 27 heavy (non-hydrogen) atoms. The fourth-order valence-corrected chi connectivity index (χ4v) is 11.2. The summed E-state index contributed by atoms with van der Waals surface area (Å²) in [6.07, 6.45) is 8.73. The lowest BCUT2D eigenvalue weighted by atomic mass is 10.1. The molecule has 2 aromatic heterocycles. The van der Waals surface area contributed by atoms with Crippen molar-refractivity contribution in [3.05, 3.63) is 67.1 Å². The predicted molar refractivity (Wildman–Crippen MR) is 117 cm³/mol. The lowest BCUT2D eigenvalue weighted by molar-refractivity contribution is 0.592. The third kappa shape index (κ3) is 3.73. The van der Waals surface area contributed by atoms with Gasteiger partial charge in [0.1, 0.15) is 8.07 Å². The largest absolute Gasteiger partial charge is 0.462 e. The number of hydrogen-bond acceptors (Lipinski definition) is 3. The van der Waals surface area contributed by atoms with Crippen LogP contribution in [0.15, 0.2) is 76.0 Å². The van der Waals surface area contributed by atoms with Gasteiger partial charge in [0.25, 0.3) is 0 Å². The third-order valence-electron chi connectivity index (χ3n) is 5.35. The second-order valence-corrected chi connectivity index (χ2v) is 11.8. The minimum Gasteiger partial charge on any atom is -0.462 e. The minimum atomic E-state index is -0.863. The Morgan fingerprint density at radius 2 is 1.41 bits per heavy atom. The van der Waals surface area contributed by atoms with E-state index in [0.29, 0.717) is 0 Å². The first-order valence-corrected chi connectivity index (χ1v) is 12.6. The van der Waals surface area contributed by atoms with Crippen molar-refractivity contribution in [1.82, 2.24) is 0 Å². The van der Waals surface area contributed by atoms with Crippen LogP contribution in [-0.2, 0) is 0 Å². The maximum absolute atomic E-state index is 5.96. The zero-order chi connectivity index (χ0) is 18.6. The van der Waals surface area contributed by atoms with Gasteiger partial charge in [0.15, 0.2) is 11.0 Å². The second kappa shape index (κ2) is 8.63. The third-order valence-corrected chi connectivity index (χ3v) is 11.9. The maximum atomic E-state index is 5.96. The Hall–Kier alpha value is -1.56. The quantitative estimate of drug-likeness (QED) is 0.426. The van der Waals surface area contributed by atoms with Crippen LogP contribution < -0.4 is 15.4 Å². The van der Waals surface area contributed by atoms with E-state index in [9.17, 15) is 0 Å². The molecule has 5 heteroatoms. The Kier molecular flexibility index (Phi) is 6.01. The van der Waals surface area contributed by atoms with E-state index in [-0.39, 0.29) is 8.07 Å². The lowest BCUT2D eigenvalue weighted by Crippen LogP contribution is -2.28. The molecular formula is C22H27NO2P2. The number of nitrogens with zero attached hydrogens (tertiary/aromatic N) is 1. The van der Waals surface area contributed by atoms with Crippen LogP contribution in [0, 0.1) is 0 Å². The molecule has 1 aliphatic rings. The summed E-state index contributed by atoms with van der Waals surface area (Å²) in [6.45, 7) is 4.70. The molecule has 0 radical (unpaired) electrons. The standard InChI is InChI=1S/C22H27NO2P2/c1-3-19-14-15-20(4-2)26(19)23(18-10-6-5-7-11-18)27(21-12-8-16-24-21)22-13-9-17-25-22/h5-13,16-17,19-20H,3-4,14-15H2,1-2H3/t19-,20?,26?/m1/s1. The van der Waals surface area contributed by atoms with Gasteiger partial charge in [-0.3, -0.25) is 0 Å². The van der Waals surface area contributed by atoms with Crippen LogP contribution in [0.3, 0.4) is 0 Å². The van der Waals surface area contributed by atoms with Gasteiger partial charge >= 0.3 is 0 Å². The first-order valence-electron chi connectivity index (χ1n) is 9.84. The molecule has 1 fully saturated rings. The van der Waals surface area contributed by atoms with Gasteiger partial charge in [0.05, 0.1) is 12.5 Å². The Labute approximate surface area is 164 Å². The van der Waals surface area contributed by atoms with Crippen molar-refractivity contribution in [3.63, 3.8) is 0 Å². The van der Waals surface area contributed by atoms with E-state index < -0.39 is 8.07 Å². The Balaban J connectivity index is 1.86. The minimum absolute atomic E-state index is 0.319. The Morgan fingerprint density at radius 1 is 0.852 bits per heavy atom. The molecule has 4 rings (SSSR count). The number of furan rings is 2. The predicted octanol–water partition coefficient (Wildman–Crippen LogP) is 6.47. The van der Waals surface area contributed by atoms with Crippen molar-refractivity contribution in [1.29, 1.82) is 0 Å². The highest BCUT2D eigenvalue weighted by Crippen LogP contribution is 2.68. The zero-order valence-electron chi connectivity index (χ0n) is 16.0. The van der Waals surface area contributed by atoms with Crippen molar-refractivity contribution in [2.45, 2.75) is 50.8 Å². The van der Waals surface area contributed by atoms with Gasteiger partial charge in [-0.15, -0.1) is 0 Å². The van der Waals surface area contributed by atoms with Gasteiger partial charge in [-0.05, 0) is 73.4 Å². The SMILES string of the molecule is CCC1CC[C@@H](CC)P1N(c1ccccc1)P(c1ccco1)c1ccco1. The fourth-order valence-electron chi connectivity index (χ4n) is 4.03. The summed E-state index contributed by atoms with van der Waals surface area (Å²) in [5.74, 6) is 0. The van der Waals surface area contributed by atoms with Crippen molar-refractivity contribution < 1.29 is 8.83 Å². The van der Waals surface area contributed by atoms with Crippen LogP contribution in [0.2, 0.25) is 0 Å². The lowest BCUT2D eigenvalue weighted by Gasteiger charge is -2.41. The highest BCUT2D eigenvalue weighted by atomic mass is 31.2. The molecule has 1 aliphatic heterocycles. The van der Waals surface area contributed by atoms with Crippen molar-refractivity contribution >= 4 is 32.8 Å². The molecule has 0 N–H and O–H groups in total. The monoisotopic (exact) mass is 399 g/mol. The van der Waals surface area contributed by atoms with Gasteiger partial charge in [-0.1, -0.05) is 32.0 Å². The van der Waals surface area contributed by atoms with Crippen molar-refractivity contribution in [2.75, 3.05) is 4.44 Å². The normalized spacial score (nSPS) is 22.4. The molecule has 3 nitrogen and oxygen atoms in total. The average Bonchev–Trinajstić information content (AvgIpc) is 3.48. The first kappa shape index (κ1) is 18.8. The molecule has 0 bridgehead atoms. The van der Waals surface area contributed by atoms with Gasteiger partial charge in [-0.25, -0.2) is 0 Å². The number of rotatable bonds is 7. The molecule has 0 aliphatic carbocycles. The molecule has 2 unspecified atom stereocenters. The van der Waals surface area contributed by atoms with Crippen molar-refractivity contribution in [3.8, 4) is 0 Å². The van der Waals surface area contributed by atoms with Crippen LogP contribution in [0.25, 0.3) is 0 Å². The van der Waals surface area contributed by atoms with Crippen LogP contribution in [0.4, 0.5) is 5.69 Å². The van der Waals surface area contributed by atoms with Gasteiger partial charge in [0, 0.05) is 13.8 Å². The van der Waals surface area contributed by atoms with Gasteiger partial charge in [0.2, 0.25) is 0 Å². The highest BCUT2D eigenvalue weighted by molar-refractivity contribution is 7.85. The smallest absolute Gasteiger partial charge is 0.154 e. The van der Waals surface area contributed by atoms with E-state index in [4.69, 9.17) is 8.83 Å². The summed E-state index contributed by atoms with van der Waals surface area (Å²) < 4.78 is 14.6. The second-order valence-electron chi connectivity index (χ2n) is 6.92. The molecule has 3 atom stereocenters. The van der Waals surface area contributed by atoms with Gasteiger partial charge in [-0.2, -0.15) is 0 Å². The molecular weight excluding hydrogens is 372 g/mol. The van der Waals surface area contributed by atoms with Crippen molar-refractivity contribution in [2.24, 2.45) is 0 Å². The molecule has 0 amide bonds. The van der Waals surface area contributed by atoms with Crippen LogP contribution in [-0.4, -0.2) is 11.3 Å². The van der Waals surface area contributed by atoms with Crippen LogP contribution in [0.1, 0.15) is 39.5 Å². The van der Waals surface area contributed by atoms with E-state index in [0.717, 1.165) is 22.3 Å². The zero-order valence-corrected chi connectivity index (χ0v) is 17.8. The van der Waals surface area contributed by atoms with E-state index in [1.165, 1.54) is 31.4 Å². The summed E-state index contributed by atoms with van der Waals surface area (Å²) >= 11 is 0. The fraction of sp³-hybridized carbons (Fsp3) is 0.364. The summed E-state index contributed by atoms with van der Waals surface area (Å²) in [7, 11) is -1.18. The highest BCUT2D eigenvalue weighted by Gasteiger charge is 2.43. The number of para-hydroxylation sites is 1. The molecule has 0 saturated carbocycles. The van der Waals surface area contributed by atoms with E-state index in [1.54, 1.807) is 12.5 Å². The van der Waals surface area contributed by atoms with E-state index in [1.807, 2.05) is 12.1 Å². The summed E-state index contributed by atoms with van der Waals surface area (Å²) in [5.41, 5.74) is 4.85. The summed E-state index contributed by atoms with van der Waals surface area (Å²) in [5, 5.41) is 0. The van der Waals surface area contributed by atoms with Crippen LogP contribution >= 0.6 is 16.1 Å². The molecule has 1 saturated heterocycles. The number of anilines is 1. The maximum Gasteiger partial charge on any atom is 0.154 e. The summed E-state index contributed by atoms with van der Waals surface area (Å²) in [6, 6.07) is 19.1. The number of benzene rings is 1. The molecule has 0 spiro atoms. The Morgan fingerprint density at radius 3 is 1.85 bits per heavy atom. The molecule has 3 aromatic rings. The number of hydrogen-bond donors (Lipinski definition) is 0. The molecule has 142 valence electrons. The molecule has 3 heterocycles. The Bertz CT molecular complexity index is 758. The van der Waals surface area contributed by atoms with E-state index in [2.05, 4.69) is 60.8 Å². The summed E-state index contributed by atoms with van der Waals surface area (Å²) in [4.78, 5) is 0. The topological polar surface area (TPSA) is 29.5 Å². The molecule has 1 aromatic carbocycles.